The highest BCUT2D eigenvalue weighted by molar-refractivity contribution is 5.96. The summed E-state index contributed by atoms with van der Waals surface area (Å²) in [4.78, 5) is 0. The van der Waals surface area contributed by atoms with Gasteiger partial charge in [-0.3, -0.25) is 0 Å². The number of nitrogens with one attached hydrogen (secondary N) is 2. The zero-order valence-electron chi connectivity index (χ0n) is 17.1. The minimum Gasteiger partial charge on any atom is -0.386 e. The third-order valence-corrected chi connectivity index (χ3v) is 6.32. The molecule has 0 unspecified atom stereocenters. The molecule has 0 aromatic heterocycles. The van der Waals surface area contributed by atoms with Crippen LogP contribution in [0.3, 0.4) is 0 Å². The summed E-state index contributed by atoms with van der Waals surface area (Å²) in [6, 6.07) is 19.7. The molecule has 0 saturated carbocycles. The lowest BCUT2D eigenvalue weighted by Crippen LogP contribution is -2.34. The SMILES string of the molecule is CNc1cc2c(cc1Nc1cccc3ccccc13)C(C)(C)CCC2(C)C. The van der Waals surface area contributed by atoms with Gasteiger partial charge in [-0.15, -0.1) is 0 Å². The summed E-state index contributed by atoms with van der Waals surface area (Å²) in [5.74, 6) is 0. The van der Waals surface area contributed by atoms with Crippen molar-refractivity contribution in [1.82, 2.24) is 0 Å². The molecule has 2 nitrogen and oxygen atoms in total. The quantitative estimate of drug-likeness (QED) is 0.528. The fourth-order valence-corrected chi connectivity index (χ4v) is 4.40. The molecule has 0 bridgehead atoms. The van der Waals surface area contributed by atoms with Gasteiger partial charge in [-0.2, -0.15) is 0 Å². The van der Waals surface area contributed by atoms with Crippen molar-refractivity contribution >= 4 is 27.8 Å². The van der Waals surface area contributed by atoms with Crippen LogP contribution >= 0.6 is 0 Å². The first-order chi connectivity index (χ1) is 12.8. The molecule has 1 aliphatic carbocycles. The van der Waals surface area contributed by atoms with E-state index in [4.69, 9.17) is 0 Å². The lowest BCUT2D eigenvalue weighted by atomic mass is 9.63. The topological polar surface area (TPSA) is 24.1 Å². The highest BCUT2D eigenvalue weighted by Crippen LogP contribution is 2.48. The fourth-order valence-electron chi connectivity index (χ4n) is 4.40. The number of hydrogen-bond acceptors (Lipinski definition) is 2. The molecule has 0 spiro atoms. The molecule has 3 aromatic carbocycles. The number of anilines is 3. The van der Waals surface area contributed by atoms with Crippen LogP contribution in [0, 0.1) is 0 Å². The van der Waals surface area contributed by atoms with E-state index < -0.39 is 0 Å². The van der Waals surface area contributed by atoms with Gasteiger partial charge in [-0.1, -0.05) is 64.1 Å². The molecule has 2 heteroatoms. The molecule has 2 N–H and O–H groups in total. The second-order valence-electron chi connectivity index (χ2n) is 9.11. The Balaban J connectivity index is 1.86. The van der Waals surface area contributed by atoms with Crippen LogP contribution in [0.25, 0.3) is 10.8 Å². The summed E-state index contributed by atoms with van der Waals surface area (Å²) < 4.78 is 0. The Bertz CT molecular complexity index is 993. The Labute approximate surface area is 163 Å². The predicted octanol–water partition coefficient (Wildman–Crippen LogP) is 6.97. The average Bonchev–Trinajstić information content (AvgIpc) is 2.65. The summed E-state index contributed by atoms with van der Waals surface area (Å²) in [5.41, 5.74) is 6.83. The van der Waals surface area contributed by atoms with Crippen molar-refractivity contribution < 1.29 is 0 Å². The van der Waals surface area contributed by atoms with Crippen molar-refractivity contribution in [1.29, 1.82) is 0 Å². The lowest BCUT2D eigenvalue weighted by Gasteiger charge is -2.42. The highest BCUT2D eigenvalue weighted by atomic mass is 14.9. The van der Waals surface area contributed by atoms with E-state index >= 15 is 0 Å². The van der Waals surface area contributed by atoms with Crippen molar-refractivity contribution in [3.63, 3.8) is 0 Å². The van der Waals surface area contributed by atoms with E-state index in [0.29, 0.717) is 0 Å². The van der Waals surface area contributed by atoms with Crippen LogP contribution in [0.15, 0.2) is 54.6 Å². The Kier molecular flexibility index (Phi) is 4.18. The van der Waals surface area contributed by atoms with Crippen LogP contribution in [0.2, 0.25) is 0 Å². The van der Waals surface area contributed by atoms with Gasteiger partial charge in [0.1, 0.15) is 0 Å². The molecule has 0 heterocycles. The number of fused-ring (bicyclic) bond motifs is 2. The molecule has 140 valence electrons. The minimum atomic E-state index is 0.201. The fraction of sp³-hybridized carbons (Fsp3) is 0.360. The lowest BCUT2D eigenvalue weighted by molar-refractivity contribution is 0.332. The third kappa shape index (κ3) is 3.07. The molecular weight excluding hydrogens is 328 g/mol. The first-order valence-corrected chi connectivity index (χ1v) is 9.93. The molecular formula is C25H30N2. The maximum atomic E-state index is 3.72. The van der Waals surface area contributed by atoms with E-state index in [0.717, 1.165) is 17.1 Å². The van der Waals surface area contributed by atoms with Crippen molar-refractivity contribution in [2.75, 3.05) is 17.7 Å². The molecule has 0 aliphatic heterocycles. The number of rotatable bonds is 3. The Hall–Kier alpha value is -2.48. The summed E-state index contributed by atoms with van der Waals surface area (Å²) >= 11 is 0. The Morgan fingerprint density at radius 2 is 1.30 bits per heavy atom. The largest absolute Gasteiger partial charge is 0.386 e. The molecule has 4 rings (SSSR count). The molecule has 0 amide bonds. The zero-order chi connectivity index (χ0) is 19.2. The predicted molar refractivity (Wildman–Crippen MR) is 119 cm³/mol. The van der Waals surface area contributed by atoms with Crippen LogP contribution in [-0.2, 0) is 10.8 Å². The zero-order valence-corrected chi connectivity index (χ0v) is 17.1. The van der Waals surface area contributed by atoms with E-state index in [1.165, 1.54) is 34.7 Å². The minimum absolute atomic E-state index is 0.201. The van der Waals surface area contributed by atoms with Gasteiger partial charge in [-0.25, -0.2) is 0 Å². The first-order valence-electron chi connectivity index (χ1n) is 9.93. The second-order valence-corrected chi connectivity index (χ2v) is 9.11. The number of benzene rings is 3. The van der Waals surface area contributed by atoms with Crippen LogP contribution in [-0.4, -0.2) is 7.05 Å². The summed E-state index contributed by atoms with van der Waals surface area (Å²) in [6.45, 7) is 9.50. The van der Waals surface area contributed by atoms with Crippen molar-refractivity contribution in [2.24, 2.45) is 0 Å². The monoisotopic (exact) mass is 358 g/mol. The summed E-state index contributed by atoms with van der Waals surface area (Å²) in [7, 11) is 2.01. The van der Waals surface area contributed by atoms with Crippen LogP contribution in [0.1, 0.15) is 51.7 Å². The van der Waals surface area contributed by atoms with Crippen molar-refractivity contribution in [3.8, 4) is 0 Å². The standard InChI is InChI=1S/C25H30N2/c1-24(2)13-14-25(3,4)20-16-23(22(26-5)15-19(20)24)27-21-12-8-10-17-9-6-7-11-18(17)21/h6-12,15-16,26-27H,13-14H2,1-5H3. The summed E-state index contributed by atoms with van der Waals surface area (Å²) in [6.07, 6.45) is 2.45. The van der Waals surface area contributed by atoms with Crippen molar-refractivity contribution in [2.45, 2.75) is 51.4 Å². The van der Waals surface area contributed by atoms with Gasteiger partial charge >= 0.3 is 0 Å². The number of hydrogen-bond donors (Lipinski definition) is 2. The molecule has 0 fully saturated rings. The van der Waals surface area contributed by atoms with Gasteiger partial charge in [0, 0.05) is 18.1 Å². The first kappa shape index (κ1) is 17.9. The molecule has 0 radical (unpaired) electrons. The van der Waals surface area contributed by atoms with E-state index in [1.54, 1.807) is 0 Å². The maximum Gasteiger partial charge on any atom is 0.0623 e. The van der Waals surface area contributed by atoms with Gasteiger partial charge < -0.3 is 10.6 Å². The van der Waals surface area contributed by atoms with Gasteiger partial charge in [0.15, 0.2) is 0 Å². The summed E-state index contributed by atoms with van der Waals surface area (Å²) in [5, 5.41) is 9.64. The van der Waals surface area contributed by atoms with Gasteiger partial charge in [0.25, 0.3) is 0 Å². The van der Waals surface area contributed by atoms with Crippen molar-refractivity contribution in [3.05, 3.63) is 65.7 Å². The maximum absolute atomic E-state index is 3.72. The van der Waals surface area contributed by atoms with Gasteiger partial charge in [0.2, 0.25) is 0 Å². The van der Waals surface area contributed by atoms with E-state index in [-0.39, 0.29) is 10.8 Å². The molecule has 27 heavy (non-hydrogen) atoms. The van der Waals surface area contributed by atoms with E-state index in [9.17, 15) is 0 Å². The van der Waals surface area contributed by atoms with Gasteiger partial charge in [0.05, 0.1) is 11.4 Å². The molecule has 0 saturated heterocycles. The van der Waals surface area contributed by atoms with Crippen LogP contribution in [0.4, 0.5) is 17.1 Å². The normalized spacial score (nSPS) is 17.4. The van der Waals surface area contributed by atoms with E-state index in [2.05, 4.69) is 92.9 Å². The third-order valence-electron chi connectivity index (χ3n) is 6.32. The smallest absolute Gasteiger partial charge is 0.0623 e. The average molecular weight is 359 g/mol. The van der Waals surface area contributed by atoms with Gasteiger partial charge in [-0.05, 0) is 58.4 Å². The van der Waals surface area contributed by atoms with Crippen LogP contribution < -0.4 is 10.6 Å². The molecule has 3 aromatic rings. The Morgan fingerprint density at radius 1 is 0.704 bits per heavy atom. The van der Waals surface area contributed by atoms with E-state index in [1.807, 2.05) is 7.05 Å². The van der Waals surface area contributed by atoms with Crippen LogP contribution in [0.5, 0.6) is 0 Å². The molecule has 0 atom stereocenters. The highest BCUT2D eigenvalue weighted by Gasteiger charge is 2.37. The molecule has 1 aliphatic rings. The second kappa shape index (κ2) is 6.30. The Morgan fingerprint density at radius 3 is 1.96 bits per heavy atom.